The molecule has 0 saturated heterocycles. The predicted octanol–water partition coefficient (Wildman–Crippen LogP) is 4.41. The average molecular weight is 327 g/mol. The van der Waals surface area contributed by atoms with Crippen LogP contribution in [0.15, 0.2) is 34.8 Å². The Hall–Kier alpha value is -1.82. The summed E-state index contributed by atoms with van der Waals surface area (Å²) in [7, 11) is 0. The highest BCUT2D eigenvalue weighted by Crippen LogP contribution is 2.27. The SMILES string of the molecule is Fc1ccc(F)c(-c2nc3cc(Br)c(F)cc3[nH]2)c1. The molecule has 0 aliphatic rings. The second-order valence-corrected chi connectivity index (χ2v) is 4.85. The molecule has 3 rings (SSSR count). The number of nitrogens with zero attached hydrogens (tertiary/aromatic N) is 1. The van der Waals surface area contributed by atoms with Gasteiger partial charge in [0.15, 0.2) is 0 Å². The molecule has 0 radical (unpaired) electrons. The lowest BCUT2D eigenvalue weighted by Gasteiger charge is -1.98. The summed E-state index contributed by atoms with van der Waals surface area (Å²) in [5, 5.41) is 0. The first-order valence-corrected chi connectivity index (χ1v) is 6.14. The number of H-pyrrole nitrogens is 1. The second-order valence-electron chi connectivity index (χ2n) is 3.99. The van der Waals surface area contributed by atoms with Crippen molar-refractivity contribution in [3.05, 3.63) is 52.3 Å². The first-order chi connectivity index (χ1) is 9.04. The van der Waals surface area contributed by atoms with Crippen LogP contribution in [-0.4, -0.2) is 9.97 Å². The van der Waals surface area contributed by atoms with E-state index in [9.17, 15) is 13.2 Å². The molecule has 3 aromatic rings. The van der Waals surface area contributed by atoms with Gasteiger partial charge in [0.2, 0.25) is 0 Å². The minimum Gasteiger partial charge on any atom is -0.338 e. The van der Waals surface area contributed by atoms with Crippen LogP contribution in [0.3, 0.4) is 0 Å². The highest BCUT2D eigenvalue weighted by molar-refractivity contribution is 9.10. The lowest BCUT2D eigenvalue weighted by Crippen LogP contribution is -1.87. The summed E-state index contributed by atoms with van der Waals surface area (Å²) in [6.45, 7) is 0. The van der Waals surface area contributed by atoms with Gasteiger partial charge in [-0.15, -0.1) is 0 Å². The summed E-state index contributed by atoms with van der Waals surface area (Å²) in [5.41, 5.74) is 0.888. The van der Waals surface area contributed by atoms with Gasteiger partial charge in [0.25, 0.3) is 0 Å². The first-order valence-electron chi connectivity index (χ1n) is 5.35. The lowest BCUT2D eigenvalue weighted by atomic mass is 10.2. The van der Waals surface area contributed by atoms with Crippen molar-refractivity contribution in [3.8, 4) is 11.4 Å². The molecule has 0 bridgehead atoms. The maximum atomic E-state index is 13.6. The fraction of sp³-hybridized carbons (Fsp3) is 0. The monoisotopic (exact) mass is 326 g/mol. The summed E-state index contributed by atoms with van der Waals surface area (Å²) in [4.78, 5) is 6.90. The van der Waals surface area contributed by atoms with Crippen LogP contribution >= 0.6 is 15.9 Å². The Kier molecular flexibility index (Phi) is 2.82. The van der Waals surface area contributed by atoms with Crippen LogP contribution in [0.4, 0.5) is 13.2 Å². The van der Waals surface area contributed by atoms with Crippen LogP contribution in [0.2, 0.25) is 0 Å². The number of aromatic amines is 1. The molecule has 0 fully saturated rings. The standard InChI is InChI=1S/C13H6BrF3N2/c14-8-4-11-12(5-10(8)17)19-13(18-11)7-3-6(15)1-2-9(7)16/h1-5H,(H,18,19). The summed E-state index contributed by atoms with van der Waals surface area (Å²) < 4.78 is 40.4. The predicted molar refractivity (Wildman–Crippen MR) is 69.1 cm³/mol. The number of aromatic nitrogens is 2. The molecular formula is C13H6BrF3N2. The van der Waals surface area contributed by atoms with Gasteiger partial charge < -0.3 is 4.98 Å². The third kappa shape index (κ3) is 2.12. The third-order valence-electron chi connectivity index (χ3n) is 2.71. The van der Waals surface area contributed by atoms with Crippen molar-refractivity contribution >= 4 is 27.0 Å². The quantitative estimate of drug-likeness (QED) is 0.705. The van der Waals surface area contributed by atoms with Gasteiger partial charge in [0.05, 0.1) is 21.1 Å². The Morgan fingerprint density at radius 3 is 2.58 bits per heavy atom. The topological polar surface area (TPSA) is 28.7 Å². The average Bonchev–Trinajstić information content (AvgIpc) is 2.75. The number of fused-ring (bicyclic) bond motifs is 1. The summed E-state index contributed by atoms with van der Waals surface area (Å²) in [5.74, 6) is -1.46. The summed E-state index contributed by atoms with van der Waals surface area (Å²) >= 11 is 3.04. The van der Waals surface area contributed by atoms with Crippen molar-refractivity contribution in [1.82, 2.24) is 9.97 Å². The minimum atomic E-state index is -0.597. The van der Waals surface area contributed by atoms with E-state index in [0.29, 0.717) is 11.0 Å². The van der Waals surface area contributed by atoms with Crippen molar-refractivity contribution in [2.24, 2.45) is 0 Å². The van der Waals surface area contributed by atoms with Gasteiger partial charge in [-0.1, -0.05) is 0 Å². The fourth-order valence-electron chi connectivity index (χ4n) is 1.81. The van der Waals surface area contributed by atoms with Gasteiger partial charge in [-0.05, 0) is 40.2 Å². The van der Waals surface area contributed by atoms with Gasteiger partial charge in [-0.2, -0.15) is 0 Å². The molecule has 0 amide bonds. The van der Waals surface area contributed by atoms with Crippen molar-refractivity contribution in [3.63, 3.8) is 0 Å². The normalized spacial score (nSPS) is 11.2. The molecule has 1 N–H and O–H groups in total. The van der Waals surface area contributed by atoms with Crippen LogP contribution in [0.5, 0.6) is 0 Å². The molecule has 96 valence electrons. The number of rotatable bonds is 1. The molecule has 0 saturated carbocycles. The number of hydrogen-bond acceptors (Lipinski definition) is 1. The van der Waals surface area contributed by atoms with Gasteiger partial charge >= 0.3 is 0 Å². The highest BCUT2D eigenvalue weighted by atomic mass is 79.9. The van der Waals surface area contributed by atoms with E-state index >= 15 is 0 Å². The van der Waals surface area contributed by atoms with E-state index in [4.69, 9.17) is 0 Å². The van der Waals surface area contributed by atoms with Crippen LogP contribution in [0.1, 0.15) is 0 Å². The Morgan fingerprint density at radius 2 is 1.79 bits per heavy atom. The molecule has 0 unspecified atom stereocenters. The number of nitrogens with one attached hydrogen (secondary N) is 1. The third-order valence-corrected chi connectivity index (χ3v) is 3.32. The molecule has 0 spiro atoms. The molecule has 0 atom stereocenters. The van der Waals surface area contributed by atoms with Crippen LogP contribution in [-0.2, 0) is 0 Å². The smallest absolute Gasteiger partial charge is 0.141 e. The summed E-state index contributed by atoms with van der Waals surface area (Å²) in [6.07, 6.45) is 0. The largest absolute Gasteiger partial charge is 0.338 e. The van der Waals surface area contributed by atoms with Crippen molar-refractivity contribution < 1.29 is 13.2 Å². The maximum absolute atomic E-state index is 13.6. The zero-order chi connectivity index (χ0) is 13.6. The van der Waals surface area contributed by atoms with Crippen LogP contribution < -0.4 is 0 Å². The number of halogens is 4. The Morgan fingerprint density at radius 1 is 1.00 bits per heavy atom. The molecule has 19 heavy (non-hydrogen) atoms. The zero-order valence-corrected chi connectivity index (χ0v) is 10.9. The van der Waals surface area contributed by atoms with Gasteiger partial charge in [-0.3, -0.25) is 0 Å². The second kappa shape index (κ2) is 4.38. The van der Waals surface area contributed by atoms with E-state index in [-0.39, 0.29) is 15.9 Å². The van der Waals surface area contributed by atoms with Crippen LogP contribution in [0.25, 0.3) is 22.4 Å². The minimum absolute atomic E-state index is 0.00716. The van der Waals surface area contributed by atoms with Crippen molar-refractivity contribution in [2.45, 2.75) is 0 Å². The highest BCUT2D eigenvalue weighted by Gasteiger charge is 2.12. The van der Waals surface area contributed by atoms with E-state index < -0.39 is 17.5 Å². The molecule has 0 aliphatic heterocycles. The molecule has 1 heterocycles. The first kappa shape index (κ1) is 12.2. The van der Waals surface area contributed by atoms with E-state index in [2.05, 4.69) is 25.9 Å². The van der Waals surface area contributed by atoms with Crippen molar-refractivity contribution in [2.75, 3.05) is 0 Å². The lowest BCUT2D eigenvalue weighted by molar-refractivity contribution is 0.602. The van der Waals surface area contributed by atoms with Crippen LogP contribution in [0, 0.1) is 17.5 Å². The zero-order valence-electron chi connectivity index (χ0n) is 9.35. The molecule has 2 aromatic carbocycles. The molecule has 6 heteroatoms. The van der Waals surface area contributed by atoms with Gasteiger partial charge in [0.1, 0.15) is 23.3 Å². The van der Waals surface area contributed by atoms with E-state index in [1.807, 2.05) is 0 Å². The Balaban J connectivity index is 2.23. The van der Waals surface area contributed by atoms with Gasteiger partial charge in [-0.25, -0.2) is 18.2 Å². The molecule has 1 aromatic heterocycles. The van der Waals surface area contributed by atoms with E-state index in [1.165, 1.54) is 12.1 Å². The Labute approximate surface area is 114 Å². The number of benzene rings is 2. The maximum Gasteiger partial charge on any atom is 0.141 e. The molecular weight excluding hydrogens is 321 g/mol. The number of hydrogen-bond donors (Lipinski definition) is 1. The van der Waals surface area contributed by atoms with Gasteiger partial charge in [0, 0.05) is 6.07 Å². The number of imidazole rings is 1. The molecule has 0 aliphatic carbocycles. The molecule has 2 nitrogen and oxygen atoms in total. The summed E-state index contributed by atoms with van der Waals surface area (Å²) in [6, 6.07) is 5.81. The fourth-order valence-corrected chi connectivity index (χ4v) is 2.14. The van der Waals surface area contributed by atoms with Crippen molar-refractivity contribution in [1.29, 1.82) is 0 Å². The Bertz CT molecular complexity index is 744. The van der Waals surface area contributed by atoms with E-state index in [1.54, 1.807) is 0 Å². The van der Waals surface area contributed by atoms with E-state index in [0.717, 1.165) is 18.2 Å².